The van der Waals surface area contributed by atoms with Crippen molar-refractivity contribution in [1.29, 1.82) is 0 Å². The van der Waals surface area contributed by atoms with Gasteiger partial charge in [0.2, 0.25) is 0 Å². The van der Waals surface area contributed by atoms with Gasteiger partial charge in [0.25, 0.3) is 5.91 Å². The molecule has 1 aliphatic carbocycles. The largest absolute Gasteiger partial charge is 0.481 e. The van der Waals surface area contributed by atoms with Crippen molar-refractivity contribution in [2.45, 2.75) is 32.2 Å². The number of carbonyl (C=O) groups is 3. The van der Waals surface area contributed by atoms with E-state index < -0.39 is 24.0 Å². The van der Waals surface area contributed by atoms with E-state index in [0.717, 1.165) is 22.3 Å². The molecule has 1 atom stereocenters. The molecule has 2 aromatic rings. The molecule has 0 saturated carbocycles. The van der Waals surface area contributed by atoms with Crippen molar-refractivity contribution < 1.29 is 24.2 Å². The Labute approximate surface area is 187 Å². The Hall–Kier alpha value is -3.79. The number of carbonyl (C=O) groups excluding carboxylic acids is 2. The number of hydrogen-bond donors (Lipinski definition) is 2. The average Bonchev–Trinajstić information content (AvgIpc) is 3.09. The molecule has 0 fully saturated rings. The topological polar surface area (TPSA) is 95.9 Å². The quantitative estimate of drug-likeness (QED) is 0.653. The Morgan fingerprint density at radius 3 is 2.25 bits per heavy atom. The SMILES string of the molecule is CCN(C(=O)C#CCNC(=O)OCC1c2ccccc2-c2ccccc21)C(C)CC(=O)O. The Bertz CT molecular complexity index is 1020. The monoisotopic (exact) mass is 434 g/mol. The van der Waals surface area contributed by atoms with E-state index >= 15 is 0 Å². The summed E-state index contributed by atoms with van der Waals surface area (Å²) in [7, 11) is 0. The van der Waals surface area contributed by atoms with Crippen LogP contribution in [0.5, 0.6) is 0 Å². The minimum Gasteiger partial charge on any atom is -0.481 e. The van der Waals surface area contributed by atoms with Gasteiger partial charge in [-0.1, -0.05) is 54.5 Å². The molecule has 0 bridgehead atoms. The molecule has 3 rings (SSSR count). The molecule has 1 unspecified atom stereocenters. The molecule has 0 heterocycles. The fourth-order valence-electron chi connectivity index (χ4n) is 3.98. The van der Waals surface area contributed by atoms with Gasteiger partial charge in [-0.2, -0.15) is 0 Å². The number of hydrogen-bond acceptors (Lipinski definition) is 4. The van der Waals surface area contributed by atoms with Crippen molar-refractivity contribution in [3.8, 4) is 23.0 Å². The number of ether oxygens (including phenoxy) is 1. The molecule has 2 N–H and O–H groups in total. The molecule has 0 aromatic heterocycles. The van der Waals surface area contributed by atoms with Gasteiger partial charge < -0.3 is 20.1 Å². The summed E-state index contributed by atoms with van der Waals surface area (Å²) in [5, 5.41) is 11.4. The molecule has 32 heavy (non-hydrogen) atoms. The lowest BCUT2D eigenvalue weighted by atomic mass is 9.98. The highest BCUT2D eigenvalue weighted by atomic mass is 16.5. The van der Waals surface area contributed by atoms with Crippen molar-refractivity contribution >= 4 is 18.0 Å². The number of carboxylic acid groups (broad SMARTS) is 1. The summed E-state index contributed by atoms with van der Waals surface area (Å²) in [6, 6.07) is 15.7. The predicted octanol–water partition coefficient (Wildman–Crippen LogP) is 3.24. The molecule has 2 aromatic carbocycles. The zero-order valence-corrected chi connectivity index (χ0v) is 18.1. The number of aliphatic carboxylic acids is 1. The third-order valence-electron chi connectivity index (χ3n) is 5.46. The third kappa shape index (κ3) is 5.27. The van der Waals surface area contributed by atoms with Gasteiger partial charge >= 0.3 is 12.1 Å². The van der Waals surface area contributed by atoms with Gasteiger partial charge in [-0.15, -0.1) is 0 Å². The Morgan fingerprint density at radius 1 is 1.09 bits per heavy atom. The average molecular weight is 434 g/mol. The first-order valence-electron chi connectivity index (χ1n) is 10.5. The normalized spacial score (nSPS) is 12.6. The molecular weight excluding hydrogens is 408 g/mol. The first-order chi connectivity index (χ1) is 15.4. The molecule has 0 aliphatic heterocycles. The zero-order chi connectivity index (χ0) is 23.1. The van der Waals surface area contributed by atoms with Crippen LogP contribution in [0.3, 0.4) is 0 Å². The van der Waals surface area contributed by atoms with Crippen LogP contribution in [0.4, 0.5) is 4.79 Å². The molecule has 0 radical (unpaired) electrons. The maximum absolute atomic E-state index is 12.2. The molecule has 0 spiro atoms. The lowest BCUT2D eigenvalue weighted by Crippen LogP contribution is -2.39. The van der Waals surface area contributed by atoms with E-state index in [-0.39, 0.29) is 25.5 Å². The van der Waals surface area contributed by atoms with Crippen molar-refractivity contribution in [1.82, 2.24) is 10.2 Å². The molecule has 166 valence electrons. The molecule has 7 nitrogen and oxygen atoms in total. The molecule has 2 amide bonds. The number of amides is 2. The van der Waals surface area contributed by atoms with E-state index in [1.54, 1.807) is 13.8 Å². The van der Waals surface area contributed by atoms with Crippen LogP contribution >= 0.6 is 0 Å². The van der Waals surface area contributed by atoms with Crippen LogP contribution in [0.2, 0.25) is 0 Å². The standard InChI is InChI=1S/C25H26N2O5/c1-3-27(17(2)15-24(29)30)23(28)13-8-14-26-25(31)32-16-22-20-11-6-4-9-18(20)19-10-5-7-12-21(19)22/h4-7,9-12,17,22H,3,14-16H2,1-2H3,(H,26,31)(H,29,30). The summed E-state index contributed by atoms with van der Waals surface area (Å²) in [5.41, 5.74) is 4.56. The van der Waals surface area contributed by atoms with Crippen LogP contribution in [-0.4, -0.2) is 53.7 Å². The van der Waals surface area contributed by atoms with Crippen molar-refractivity contribution in [3.63, 3.8) is 0 Å². The fraction of sp³-hybridized carbons (Fsp3) is 0.320. The van der Waals surface area contributed by atoms with Gasteiger partial charge in [-0.25, -0.2) is 4.79 Å². The number of alkyl carbamates (subject to hydrolysis) is 1. The van der Waals surface area contributed by atoms with Crippen LogP contribution < -0.4 is 5.32 Å². The highest BCUT2D eigenvalue weighted by Gasteiger charge is 2.28. The molecular formula is C25H26N2O5. The first-order valence-corrected chi connectivity index (χ1v) is 10.5. The Kier molecular flexibility index (Phi) is 7.50. The van der Waals surface area contributed by atoms with Crippen LogP contribution in [0.1, 0.15) is 37.3 Å². The summed E-state index contributed by atoms with van der Waals surface area (Å²) in [6.45, 7) is 3.91. The van der Waals surface area contributed by atoms with Crippen LogP contribution in [-0.2, 0) is 14.3 Å². The first kappa shape index (κ1) is 22.9. The van der Waals surface area contributed by atoms with Crippen LogP contribution in [0.25, 0.3) is 11.1 Å². The molecule has 7 heteroatoms. The van der Waals surface area contributed by atoms with Gasteiger partial charge in [0.15, 0.2) is 0 Å². The van der Waals surface area contributed by atoms with E-state index in [1.165, 1.54) is 4.90 Å². The van der Waals surface area contributed by atoms with Crippen molar-refractivity contribution in [2.24, 2.45) is 0 Å². The maximum atomic E-state index is 12.2. The highest BCUT2D eigenvalue weighted by Crippen LogP contribution is 2.44. The van der Waals surface area contributed by atoms with Gasteiger partial charge in [-0.3, -0.25) is 9.59 Å². The van der Waals surface area contributed by atoms with Crippen LogP contribution in [0, 0.1) is 11.8 Å². The van der Waals surface area contributed by atoms with E-state index in [4.69, 9.17) is 9.84 Å². The number of nitrogens with one attached hydrogen (secondary N) is 1. The summed E-state index contributed by atoms with van der Waals surface area (Å²) in [4.78, 5) is 36.5. The number of fused-ring (bicyclic) bond motifs is 3. The summed E-state index contributed by atoms with van der Waals surface area (Å²) < 4.78 is 5.42. The van der Waals surface area contributed by atoms with Crippen LogP contribution in [0.15, 0.2) is 48.5 Å². The van der Waals surface area contributed by atoms with E-state index in [2.05, 4.69) is 29.3 Å². The lowest BCUT2D eigenvalue weighted by Gasteiger charge is -2.24. The molecule has 0 saturated heterocycles. The molecule has 1 aliphatic rings. The second kappa shape index (κ2) is 10.5. The highest BCUT2D eigenvalue weighted by molar-refractivity contribution is 5.94. The van der Waals surface area contributed by atoms with Gasteiger partial charge in [-0.05, 0) is 42.0 Å². The Balaban J connectivity index is 1.52. The summed E-state index contributed by atoms with van der Waals surface area (Å²) in [6.07, 6.45) is -0.764. The number of carboxylic acids is 1. The number of nitrogens with zero attached hydrogens (tertiary/aromatic N) is 1. The number of benzene rings is 2. The second-order valence-electron chi connectivity index (χ2n) is 7.52. The van der Waals surface area contributed by atoms with E-state index in [9.17, 15) is 14.4 Å². The maximum Gasteiger partial charge on any atom is 0.407 e. The second-order valence-corrected chi connectivity index (χ2v) is 7.52. The van der Waals surface area contributed by atoms with Crippen molar-refractivity contribution in [3.05, 3.63) is 59.7 Å². The zero-order valence-electron chi connectivity index (χ0n) is 18.1. The minimum atomic E-state index is -0.978. The van der Waals surface area contributed by atoms with E-state index in [0.29, 0.717) is 6.54 Å². The minimum absolute atomic E-state index is 0.0327. The van der Waals surface area contributed by atoms with Gasteiger partial charge in [0.05, 0.1) is 13.0 Å². The Morgan fingerprint density at radius 2 is 1.69 bits per heavy atom. The fourth-order valence-corrected chi connectivity index (χ4v) is 3.98. The van der Waals surface area contributed by atoms with E-state index in [1.807, 2.05) is 36.4 Å². The summed E-state index contributed by atoms with van der Waals surface area (Å²) >= 11 is 0. The van der Waals surface area contributed by atoms with Crippen molar-refractivity contribution in [2.75, 3.05) is 19.7 Å². The number of rotatable bonds is 7. The summed E-state index contributed by atoms with van der Waals surface area (Å²) in [5.74, 6) is 3.55. The van der Waals surface area contributed by atoms with Gasteiger partial charge in [0.1, 0.15) is 6.61 Å². The third-order valence-corrected chi connectivity index (χ3v) is 5.46. The lowest BCUT2D eigenvalue weighted by molar-refractivity contribution is -0.139. The smallest absolute Gasteiger partial charge is 0.407 e. The van der Waals surface area contributed by atoms with Gasteiger partial charge in [0, 0.05) is 18.5 Å². The predicted molar refractivity (Wildman–Crippen MR) is 120 cm³/mol.